The SMILES string of the molecule is CC(=O)n1nc(N)cc1-c1ccccc1. The molecule has 0 aliphatic heterocycles. The third-order valence-electron chi connectivity index (χ3n) is 2.10. The molecule has 0 bridgehead atoms. The highest BCUT2D eigenvalue weighted by molar-refractivity contribution is 5.82. The lowest BCUT2D eigenvalue weighted by atomic mass is 10.1. The van der Waals surface area contributed by atoms with E-state index < -0.39 is 0 Å². The second kappa shape index (κ2) is 3.57. The first-order valence-electron chi connectivity index (χ1n) is 4.60. The molecule has 0 saturated heterocycles. The lowest BCUT2D eigenvalue weighted by molar-refractivity contribution is 0.0923. The second-order valence-corrected chi connectivity index (χ2v) is 3.25. The zero-order chi connectivity index (χ0) is 10.8. The van der Waals surface area contributed by atoms with Crippen LogP contribution in [-0.4, -0.2) is 15.7 Å². The van der Waals surface area contributed by atoms with Gasteiger partial charge in [0.05, 0.1) is 5.69 Å². The fourth-order valence-electron chi connectivity index (χ4n) is 1.45. The summed E-state index contributed by atoms with van der Waals surface area (Å²) in [7, 11) is 0. The molecule has 0 saturated carbocycles. The molecule has 0 aliphatic carbocycles. The minimum atomic E-state index is -0.148. The number of nitrogens with two attached hydrogens (primary N) is 1. The monoisotopic (exact) mass is 201 g/mol. The van der Waals surface area contributed by atoms with Gasteiger partial charge >= 0.3 is 0 Å². The molecule has 4 heteroatoms. The molecule has 2 aromatic rings. The Balaban J connectivity index is 2.58. The van der Waals surface area contributed by atoms with E-state index >= 15 is 0 Å². The highest BCUT2D eigenvalue weighted by Crippen LogP contribution is 2.20. The summed E-state index contributed by atoms with van der Waals surface area (Å²) in [5.74, 6) is 0.203. The van der Waals surface area contributed by atoms with Gasteiger partial charge in [0, 0.05) is 18.6 Å². The molecule has 1 aromatic heterocycles. The number of aromatic nitrogens is 2. The molecule has 76 valence electrons. The Bertz CT molecular complexity index is 488. The molecule has 0 spiro atoms. The van der Waals surface area contributed by atoms with Crippen LogP contribution in [0.3, 0.4) is 0 Å². The Morgan fingerprint density at radius 2 is 2.00 bits per heavy atom. The van der Waals surface area contributed by atoms with E-state index in [1.165, 1.54) is 11.6 Å². The van der Waals surface area contributed by atoms with Crippen molar-refractivity contribution in [2.45, 2.75) is 6.92 Å². The maximum atomic E-state index is 11.3. The number of nitrogens with zero attached hydrogens (tertiary/aromatic N) is 2. The Kier molecular flexibility index (Phi) is 2.25. The van der Waals surface area contributed by atoms with Crippen molar-refractivity contribution in [2.24, 2.45) is 0 Å². The quantitative estimate of drug-likeness (QED) is 0.765. The van der Waals surface area contributed by atoms with E-state index in [4.69, 9.17) is 5.73 Å². The molecule has 0 aliphatic rings. The van der Waals surface area contributed by atoms with Crippen molar-refractivity contribution in [3.63, 3.8) is 0 Å². The van der Waals surface area contributed by atoms with Gasteiger partial charge in [0.1, 0.15) is 5.82 Å². The maximum absolute atomic E-state index is 11.3. The number of carbonyl (C=O) groups excluding carboxylic acids is 1. The molecule has 15 heavy (non-hydrogen) atoms. The summed E-state index contributed by atoms with van der Waals surface area (Å²) in [5, 5.41) is 3.93. The van der Waals surface area contributed by atoms with Crippen molar-refractivity contribution < 1.29 is 4.79 Å². The largest absolute Gasteiger partial charge is 0.382 e. The topological polar surface area (TPSA) is 60.9 Å². The van der Waals surface area contributed by atoms with Crippen LogP contribution in [0, 0.1) is 0 Å². The summed E-state index contributed by atoms with van der Waals surface area (Å²) >= 11 is 0. The fraction of sp³-hybridized carbons (Fsp3) is 0.0909. The summed E-state index contributed by atoms with van der Waals surface area (Å²) in [6.07, 6.45) is 0. The van der Waals surface area contributed by atoms with Gasteiger partial charge in [-0.2, -0.15) is 4.68 Å². The normalized spacial score (nSPS) is 10.2. The lowest BCUT2D eigenvalue weighted by Gasteiger charge is -2.02. The van der Waals surface area contributed by atoms with Crippen LogP contribution in [0.2, 0.25) is 0 Å². The second-order valence-electron chi connectivity index (χ2n) is 3.25. The summed E-state index contributed by atoms with van der Waals surface area (Å²) in [5.41, 5.74) is 7.22. The van der Waals surface area contributed by atoms with Crippen LogP contribution in [0.4, 0.5) is 5.82 Å². The van der Waals surface area contributed by atoms with Crippen LogP contribution < -0.4 is 5.73 Å². The van der Waals surface area contributed by atoms with Crippen LogP contribution in [0.5, 0.6) is 0 Å². The van der Waals surface area contributed by atoms with Crippen molar-refractivity contribution in [2.75, 3.05) is 5.73 Å². The zero-order valence-electron chi connectivity index (χ0n) is 8.34. The predicted octanol–water partition coefficient (Wildman–Crippen LogP) is 1.79. The van der Waals surface area contributed by atoms with Crippen molar-refractivity contribution in [1.82, 2.24) is 9.78 Å². The Hall–Kier alpha value is -2.10. The molecule has 1 heterocycles. The van der Waals surface area contributed by atoms with Crippen LogP contribution in [-0.2, 0) is 0 Å². The molecule has 1 aromatic carbocycles. The highest BCUT2D eigenvalue weighted by Gasteiger charge is 2.10. The van der Waals surface area contributed by atoms with Crippen molar-refractivity contribution in [3.8, 4) is 11.3 Å². The Morgan fingerprint density at radius 1 is 1.33 bits per heavy atom. The van der Waals surface area contributed by atoms with Gasteiger partial charge in [-0.1, -0.05) is 30.3 Å². The molecule has 0 fully saturated rings. The molecule has 0 amide bonds. The molecular weight excluding hydrogens is 190 g/mol. The Labute approximate surface area is 87.3 Å². The van der Waals surface area contributed by atoms with E-state index in [-0.39, 0.29) is 5.91 Å². The molecule has 2 N–H and O–H groups in total. The molecule has 0 radical (unpaired) electrons. The van der Waals surface area contributed by atoms with Gasteiger partial charge in [-0.15, -0.1) is 5.10 Å². The summed E-state index contributed by atoms with van der Waals surface area (Å²) in [4.78, 5) is 11.3. The van der Waals surface area contributed by atoms with Crippen molar-refractivity contribution in [1.29, 1.82) is 0 Å². The van der Waals surface area contributed by atoms with Gasteiger partial charge in [-0.25, -0.2) is 0 Å². The smallest absolute Gasteiger partial charge is 0.244 e. The predicted molar refractivity (Wildman–Crippen MR) is 58.4 cm³/mol. The molecule has 0 atom stereocenters. The van der Waals surface area contributed by atoms with Gasteiger partial charge < -0.3 is 5.73 Å². The van der Waals surface area contributed by atoms with Crippen LogP contribution in [0.25, 0.3) is 11.3 Å². The zero-order valence-corrected chi connectivity index (χ0v) is 8.34. The summed E-state index contributed by atoms with van der Waals surface area (Å²) in [6.45, 7) is 1.46. The molecular formula is C11H11N3O. The van der Waals surface area contributed by atoms with Gasteiger partial charge in [0.2, 0.25) is 5.91 Å². The van der Waals surface area contributed by atoms with E-state index in [0.29, 0.717) is 5.82 Å². The number of nitrogen functional groups attached to an aromatic ring is 1. The first kappa shape index (κ1) is 9.45. The summed E-state index contributed by atoms with van der Waals surface area (Å²) < 4.78 is 1.31. The first-order chi connectivity index (χ1) is 7.18. The van der Waals surface area contributed by atoms with E-state index in [1.54, 1.807) is 6.07 Å². The minimum absolute atomic E-state index is 0.148. The fourth-order valence-corrected chi connectivity index (χ4v) is 1.45. The van der Waals surface area contributed by atoms with Crippen LogP contribution >= 0.6 is 0 Å². The maximum Gasteiger partial charge on any atom is 0.244 e. The van der Waals surface area contributed by atoms with Gasteiger partial charge in [-0.05, 0) is 0 Å². The third kappa shape index (κ3) is 1.74. The van der Waals surface area contributed by atoms with E-state index in [0.717, 1.165) is 11.3 Å². The van der Waals surface area contributed by atoms with E-state index in [2.05, 4.69) is 5.10 Å². The van der Waals surface area contributed by atoms with Gasteiger partial charge in [0.15, 0.2) is 0 Å². The highest BCUT2D eigenvalue weighted by atomic mass is 16.2. The number of benzene rings is 1. The third-order valence-corrected chi connectivity index (χ3v) is 2.10. The van der Waals surface area contributed by atoms with Gasteiger partial charge in [-0.3, -0.25) is 4.79 Å². The Morgan fingerprint density at radius 3 is 2.60 bits per heavy atom. The lowest BCUT2D eigenvalue weighted by Crippen LogP contribution is -2.09. The summed E-state index contributed by atoms with van der Waals surface area (Å²) in [6, 6.07) is 11.2. The average Bonchev–Trinajstić information content (AvgIpc) is 2.62. The van der Waals surface area contributed by atoms with Crippen molar-refractivity contribution in [3.05, 3.63) is 36.4 Å². The van der Waals surface area contributed by atoms with Crippen molar-refractivity contribution >= 4 is 11.7 Å². The standard InChI is InChI=1S/C11H11N3O/c1-8(15)14-10(7-11(12)13-14)9-5-3-2-4-6-9/h2-7H,1H3,(H2,12,13). The molecule has 2 rings (SSSR count). The average molecular weight is 201 g/mol. The van der Waals surface area contributed by atoms with Gasteiger partial charge in [0.25, 0.3) is 0 Å². The molecule has 0 unspecified atom stereocenters. The van der Waals surface area contributed by atoms with Crippen LogP contribution in [0.15, 0.2) is 36.4 Å². The van der Waals surface area contributed by atoms with Crippen LogP contribution in [0.1, 0.15) is 11.7 Å². The number of hydrogen-bond acceptors (Lipinski definition) is 3. The number of rotatable bonds is 1. The first-order valence-corrected chi connectivity index (χ1v) is 4.60. The number of anilines is 1. The molecule has 4 nitrogen and oxygen atoms in total. The van der Waals surface area contributed by atoms with E-state index in [9.17, 15) is 4.79 Å². The minimum Gasteiger partial charge on any atom is -0.382 e. The number of carbonyl (C=O) groups is 1. The van der Waals surface area contributed by atoms with E-state index in [1.807, 2.05) is 30.3 Å². The number of hydrogen-bond donors (Lipinski definition) is 1.